The molecular formula is C26H36F2N2O4S. The molecule has 0 fully saturated rings. The number of halogens is 2. The molecule has 5 N–H and O–H groups in total. The minimum atomic E-state index is -2.82. The summed E-state index contributed by atoms with van der Waals surface area (Å²) in [5.41, 5.74) is 3.29. The van der Waals surface area contributed by atoms with Gasteiger partial charge < -0.3 is 15.7 Å². The molecule has 3 rings (SSSR count). The number of aryl methyl sites for hydroxylation is 1. The highest BCUT2D eigenvalue weighted by Gasteiger charge is 2.31. The molecule has 194 valence electrons. The maximum absolute atomic E-state index is 13.7. The molecule has 1 amide bonds. The first-order valence-corrected chi connectivity index (χ1v) is 14.0. The maximum atomic E-state index is 13.7. The van der Waals surface area contributed by atoms with Gasteiger partial charge >= 0.3 is 0 Å². The Morgan fingerprint density at radius 2 is 1.83 bits per heavy atom. The van der Waals surface area contributed by atoms with Crippen LogP contribution in [-0.4, -0.2) is 44.6 Å². The molecule has 0 unspecified atom stereocenters. The number of hydrogen-bond donors (Lipinski definition) is 5. The third-order valence-electron chi connectivity index (χ3n) is 6.33. The minimum Gasteiger partial charge on any atom is -0.390 e. The summed E-state index contributed by atoms with van der Waals surface area (Å²) < 4.78 is 48.4. The molecule has 0 radical (unpaired) electrons. The van der Waals surface area contributed by atoms with Crippen molar-refractivity contribution in [1.29, 1.82) is 0 Å². The zero-order chi connectivity index (χ0) is 25.6. The lowest BCUT2D eigenvalue weighted by molar-refractivity contribution is -0.122. The van der Waals surface area contributed by atoms with Crippen LogP contribution in [0.5, 0.6) is 0 Å². The van der Waals surface area contributed by atoms with Crippen LogP contribution in [-0.2, 0) is 23.4 Å². The van der Waals surface area contributed by atoms with Crippen LogP contribution in [0.3, 0.4) is 0 Å². The number of hydrogen-bond acceptors (Lipinski definition) is 5. The van der Waals surface area contributed by atoms with E-state index in [1.807, 2.05) is 32.0 Å². The fourth-order valence-corrected chi connectivity index (χ4v) is 6.15. The Bertz CT molecular complexity index is 1000. The van der Waals surface area contributed by atoms with Gasteiger partial charge in [0.25, 0.3) is 0 Å². The predicted octanol–water partition coefficient (Wildman–Crippen LogP) is 4.70. The molecule has 0 saturated carbocycles. The van der Waals surface area contributed by atoms with Gasteiger partial charge in [-0.1, -0.05) is 38.5 Å². The zero-order valence-corrected chi connectivity index (χ0v) is 21.1. The summed E-state index contributed by atoms with van der Waals surface area (Å²) in [6.45, 7) is 4.06. The molecule has 3 atom stereocenters. The first-order valence-electron chi connectivity index (χ1n) is 12.1. The first-order chi connectivity index (χ1) is 16.6. The molecule has 6 nitrogen and oxygen atoms in total. The molecule has 0 bridgehead atoms. The number of aliphatic hydroxyl groups excluding tert-OH is 1. The van der Waals surface area contributed by atoms with E-state index in [1.54, 1.807) is 0 Å². The molecule has 2 aromatic carbocycles. The number of rotatable bonds is 11. The van der Waals surface area contributed by atoms with Crippen molar-refractivity contribution in [3.05, 3.63) is 70.3 Å². The molecule has 9 heteroatoms. The van der Waals surface area contributed by atoms with Crippen LogP contribution in [0.25, 0.3) is 0 Å². The highest BCUT2D eigenvalue weighted by molar-refractivity contribution is 8.23. The Morgan fingerprint density at radius 3 is 2.49 bits per heavy atom. The molecule has 0 aliphatic carbocycles. The second-order valence-electron chi connectivity index (χ2n) is 9.29. The van der Waals surface area contributed by atoms with Crippen molar-refractivity contribution < 1.29 is 27.8 Å². The number of benzene rings is 2. The van der Waals surface area contributed by atoms with E-state index < -0.39 is 34.4 Å². The van der Waals surface area contributed by atoms with Crippen LogP contribution in [0.4, 0.5) is 8.78 Å². The number of aliphatic hydroxyl groups is 1. The summed E-state index contributed by atoms with van der Waals surface area (Å²) in [6, 6.07) is 7.94. The summed E-state index contributed by atoms with van der Waals surface area (Å²) in [4.78, 5) is 12.4. The van der Waals surface area contributed by atoms with E-state index >= 15 is 0 Å². The molecule has 2 aromatic rings. The number of amides is 1. The monoisotopic (exact) mass is 510 g/mol. The van der Waals surface area contributed by atoms with E-state index in [2.05, 4.69) is 10.6 Å². The summed E-state index contributed by atoms with van der Waals surface area (Å²) >= 11 is 0. The van der Waals surface area contributed by atoms with Gasteiger partial charge in [0.05, 0.1) is 29.7 Å². The Labute approximate surface area is 207 Å². The molecular weight excluding hydrogens is 474 g/mol. The standard InChI is InChI=1S/C26H36F2N2O4S/c1-3-5-6-26(32)30-23(12-18-9-20(27)13-21(28)10-18)25(31)14-29-24-16-35(33,34)15-19-8-7-17(4-2)11-22(19)24/h7-11,13,23-25,29,31,33-34H,3-6,12,14-16H2,1-2H3,(H,30,32)/t23-,24-,25+/m0/s1. The molecule has 0 aromatic heterocycles. The average molecular weight is 511 g/mol. The van der Waals surface area contributed by atoms with E-state index in [1.165, 1.54) is 12.1 Å². The third kappa shape index (κ3) is 7.98. The summed E-state index contributed by atoms with van der Waals surface area (Å²) in [5.74, 6) is -1.35. The van der Waals surface area contributed by atoms with Gasteiger partial charge in [0, 0.05) is 19.0 Å². The number of unbranched alkanes of at least 4 members (excludes halogenated alkanes) is 1. The number of fused-ring (bicyclic) bond motifs is 1. The second-order valence-corrected chi connectivity index (χ2v) is 11.5. The van der Waals surface area contributed by atoms with Crippen molar-refractivity contribution in [2.75, 3.05) is 12.3 Å². The van der Waals surface area contributed by atoms with Crippen molar-refractivity contribution in [2.24, 2.45) is 0 Å². The van der Waals surface area contributed by atoms with Gasteiger partial charge in [-0.15, -0.1) is 0 Å². The number of carbonyl (C=O) groups excluding carboxylic acids is 1. The van der Waals surface area contributed by atoms with Gasteiger partial charge in [-0.25, -0.2) is 8.78 Å². The Hall–Kier alpha value is -2.04. The second kappa shape index (κ2) is 12.3. The predicted molar refractivity (Wildman–Crippen MR) is 136 cm³/mol. The normalized spacial score (nSPS) is 19.5. The molecule has 1 aliphatic heterocycles. The Balaban J connectivity index is 1.76. The summed E-state index contributed by atoms with van der Waals surface area (Å²) in [7, 11) is -2.82. The van der Waals surface area contributed by atoms with E-state index in [4.69, 9.17) is 0 Å². The number of nitrogens with one attached hydrogen (secondary N) is 2. The quantitative estimate of drug-likeness (QED) is 0.302. The van der Waals surface area contributed by atoms with Crippen LogP contribution in [0.15, 0.2) is 36.4 Å². The van der Waals surface area contributed by atoms with Gasteiger partial charge in [-0.3, -0.25) is 13.9 Å². The van der Waals surface area contributed by atoms with Gasteiger partial charge in [0.1, 0.15) is 11.6 Å². The largest absolute Gasteiger partial charge is 0.390 e. The topological polar surface area (TPSA) is 102 Å². The fourth-order valence-electron chi connectivity index (χ4n) is 4.44. The lowest BCUT2D eigenvalue weighted by atomic mass is 9.97. The zero-order valence-electron chi connectivity index (χ0n) is 20.3. The fraction of sp³-hybridized carbons (Fsp3) is 0.500. The van der Waals surface area contributed by atoms with Crippen molar-refractivity contribution in [1.82, 2.24) is 10.6 Å². The van der Waals surface area contributed by atoms with Gasteiger partial charge in [-0.2, -0.15) is 10.6 Å². The molecule has 0 spiro atoms. The van der Waals surface area contributed by atoms with E-state index in [0.29, 0.717) is 18.4 Å². The Kier molecular flexibility index (Phi) is 9.66. The minimum absolute atomic E-state index is 0.0474. The highest BCUT2D eigenvalue weighted by atomic mass is 32.3. The van der Waals surface area contributed by atoms with Crippen molar-refractivity contribution in [3.8, 4) is 0 Å². The molecule has 1 heterocycles. The lowest BCUT2D eigenvalue weighted by Gasteiger charge is -2.42. The average Bonchev–Trinajstić information content (AvgIpc) is 2.79. The van der Waals surface area contributed by atoms with E-state index in [0.717, 1.165) is 35.6 Å². The smallest absolute Gasteiger partial charge is 0.220 e. The van der Waals surface area contributed by atoms with Gasteiger partial charge in [-0.05, 0) is 53.6 Å². The third-order valence-corrected chi connectivity index (χ3v) is 7.97. The van der Waals surface area contributed by atoms with Crippen LogP contribution >= 0.6 is 10.6 Å². The van der Waals surface area contributed by atoms with Crippen LogP contribution in [0.2, 0.25) is 0 Å². The molecule has 0 saturated heterocycles. The summed E-state index contributed by atoms with van der Waals surface area (Å²) in [5, 5.41) is 17.1. The molecule has 1 aliphatic rings. The van der Waals surface area contributed by atoms with Crippen molar-refractivity contribution in [2.45, 2.75) is 69.9 Å². The van der Waals surface area contributed by atoms with Crippen LogP contribution in [0, 0.1) is 11.6 Å². The summed E-state index contributed by atoms with van der Waals surface area (Å²) in [6.07, 6.45) is 1.64. The van der Waals surface area contributed by atoms with Crippen molar-refractivity contribution in [3.63, 3.8) is 0 Å². The highest BCUT2D eigenvalue weighted by Crippen LogP contribution is 2.50. The van der Waals surface area contributed by atoms with E-state index in [9.17, 15) is 27.8 Å². The maximum Gasteiger partial charge on any atom is 0.220 e. The lowest BCUT2D eigenvalue weighted by Crippen LogP contribution is -2.49. The van der Waals surface area contributed by atoms with Crippen LogP contribution < -0.4 is 10.6 Å². The van der Waals surface area contributed by atoms with E-state index in [-0.39, 0.29) is 36.4 Å². The number of carbonyl (C=O) groups is 1. The first kappa shape index (κ1) is 27.5. The van der Waals surface area contributed by atoms with Gasteiger partial charge in [0.15, 0.2) is 0 Å². The van der Waals surface area contributed by atoms with Gasteiger partial charge in [0.2, 0.25) is 5.91 Å². The van der Waals surface area contributed by atoms with Crippen LogP contribution in [0.1, 0.15) is 61.4 Å². The van der Waals surface area contributed by atoms with Crippen molar-refractivity contribution >= 4 is 16.5 Å². The Morgan fingerprint density at radius 1 is 1.11 bits per heavy atom. The molecule has 35 heavy (non-hydrogen) atoms. The SMILES string of the molecule is CCCCC(=O)N[C@@H](Cc1cc(F)cc(F)c1)[C@H](O)CN[C@H]1CS(O)(O)Cc2ccc(CC)cc21.